The van der Waals surface area contributed by atoms with Crippen molar-refractivity contribution in [2.75, 3.05) is 27.4 Å². The maximum atomic E-state index is 12.9. The van der Waals surface area contributed by atoms with Crippen LogP contribution < -0.4 is 14.8 Å². The number of carbonyl (C=O) groups is 2. The Morgan fingerprint density at radius 1 is 1.06 bits per heavy atom. The third-order valence-electron chi connectivity index (χ3n) is 4.52. The molecule has 0 saturated carbocycles. The van der Waals surface area contributed by atoms with Crippen molar-refractivity contribution in [3.05, 3.63) is 60.3 Å². The number of hydrogen-bond acceptors (Lipinski definition) is 6. The first kappa shape index (κ1) is 21.9. The number of nitrogens with zero attached hydrogens (tertiary/aromatic N) is 2. The highest BCUT2D eigenvalue weighted by Crippen LogP contribution is 2.35. The fourth-order valence-corrected chi connectivity index (χ4v) is 2.96. The quantitative estimate of drug-likeness (QED) is 0.531. The summed E-state index contributed by atoms with van der Waals surface area (Å²) in [5.74, 6) is 0.0945. The van der Waals surface area contributed by atoms with Crippen LogP contribution in [0.4, 0.5) is 0 Å². The predicted molar refractivity (Wildman–Crippen MR) is 116 cm³/mol. The van der Waals surface area contributed by atoms with Gasteiger partial charge in [-0.3, -0.25) is 4.79 Å². The summed E-state index contributed by atoms with van der Waals surface area (Å²) in [5.41, 5.74) is 1.90. The Hall–Kier alpha value is -3.81. The largest absolute Gasteiger partial charge is 0.497 e. The van der Waals surface area contributed by atoms with Gasteiger partial charge in [-0.2, -0.15) is 5.10 Å². The number of amides is 1. The number of hydrogen-bond donors (Lipinski definition) is 1. The summed E-state index contributed by atoms with van der Waals surface area (Å²) >= 11 is 0. The number of ether oxygens (including phenoxy) is 3. The lowest BCUT2D eigenvalue weighted by molar-refractivity contribution is -0.124. The predicted octanol–water partition coefficient (Wildman–Crippen LogP) is 3.24. The number of aromatic nitrogens is 2. The minimum absolute atomic E-state index is 0.207. The first-order valence-corrected chi connectivity index (χ1v) is 9.88. The molecule has 0 aliphatic rings. The van der Waals surface area contributed by atoms with E-state index in [9.17, 15) is 9.59 Å². The molecule has 0 fully saturated rings. The van der Waals surface area contributed by atoms with Crippen LogP contribution in [-0.2, 0) is 9.53 Å². The average molecular weight is 423 g/mol. The van der Waals surface area contributed by atoms with E-state index in [1.54, 1.807) is 36.2 Å². The van der Waals surface area contributed by atoms with E-state index >= 15 is 0 Å². The van der Waals surface area contributed by atoms with Crippen molar-refractivity contribution in [1.82, 2.24) is 15.1 Å². The molecule has 0 radical (unpaired) electrons. The zero-order chi connectivity index (χ0) is 22.2. The second-order valence-corrected chi connectivity index (χ2v) is 6.66. The third kappa shape index (κ3) is 5.22. The van der Waals surface area contributed by atoms with Gasteiger partial charge in [0, 0.05) is 18.3 Å². The number of rotatable bonds is 9. The normalized spacial score (nSPS) is 10.4. The standard InChI is InChI=1S/C23H25N3O5/c1-4-12-24-21(27)15-31-23(28)19-14-26(16-8-6-5-7-9-16)25-22(19)18-13-17(29-2)10-11-20(18)30-3/h5-11,13-14H,4,12,15H2,1-3H3,(H,24,27). The molecule has 3 aromatic rings. The Bertz CT molecular complexity index is 1050. The van der Waals surface area contributed by atoms with Crippen molar-refractivity contribution < 1.29 is 23.8 Å². The smallest absolute Gasteiger partial charge is 0.342 e. The van der Waals surface area contributed by atoms with E-state index in [0.29, 0.717) is 29.3 Å². The number of nitrogens with one attached hydrogen (secondary N) is 1. The van der Waals surface area contributed by atoms with Crippen molar-refractivity contribution in [1.29, 1.82) is 0 Å². The zero-order valence-corrected chi connectivity index (χ0v) is 17.8. The number of benzene rings is 2. The Morgan fingerprint density at radius 2 is 1.84 bits per heavy atom. The molecule has 0 bridgehead atoms. The van der Waals surface area contributed by atoms with Gasteiger partial charge in [-0.05, 0) is 36.8 Å². The van der Waals surface area contributed by atoms with Crippen molar-refractivity contribution in [2.24, 2.45) is 0 Å². The number of esters is 1. The molecule has 0 aliphatic heterocycles. The summed E-state index contributed by atoms with van der Waals surface area (Å²) in [7, 11) is 3.09. The highest BCUT2D eigenvalue weighted by atomic mass is 16.5. The molecule has 1 aromatic heterocycles. The van der Waals surface area contributed by atoms with Crippen LogP contribution in [0.3, 0.4) is 0 Å². The van der Waals surface area contributed by atoms with E-state index in [1.165, 1.54) is 7.11 Å². The Labute approximate surface area is 180 Å². The molecule has 0 spiro atoms. The lowest BCUT2D eigenvalue weighted by Crippen LogP contribution is -2.29. The van der Waals surface area contributed by atoms with Gasteiger partial charge in [0.15, 0.2) is 6.61 Å². The van der Waals surface area contributed by atoms with Gasteiger partial charge in [-0.15, -0.1) is 0 Å². The van der Waals surface area contributed by atoms with Crippen molar-refractivity contribution in [2.45, 2.75) is 13.3 Å². The molecule has 1 N–H and O–H groups in total. The summed E-state index contributed by atoms with van der Waals surface area (Å²) in [6, 6.07) is 14.6. The molecule has 0 unspecified atom stereocenters. The second-order valence-electron chi connectivity index (χ2n) is 6.66. The Kier molecular flexibility index (Phi) is 7.26. The molecule has 1 heterocycles. The molecular weight excluding hydrogens is 398 g/mol. The van der Waals surface area contributed by atoms with Crippen LogP contribution in [0.15, 0.2) is 54.7 Å². The maximum Gasteiger partial charge on any atom is 0.342 e. The minimum Gasteiger partial charge on any atom is -0.497 e. The van der Waals surface area contributed by atoms with Crippen molar-refractivity contribution >= 4 is 11.9 Å². The molecule has 3 rings (SSSR count). The van der Waals surface area contributed by atoms with E-state index in [2.05, 4.69) is 10.4 Å². The molecular formula is C23H25N3O5. The van der Waals surface area contributed by atoms with Gasteiger partial charge in [0.2, 0.25) is 0 Å². The topological polar surface area (TPSA) is 91.7 Å². The number of methoxy groups -OCH3 is 2. The fourth-order valence-electron chi connectivity index (χ4n) is 2.96. The highest BCUT2D eigenvalue weighted by Gasteiger charge is 2.23. The summed E-state index contributed by atoms with van der Waals surface area (Å²) in [4.78, 5) is 24.7. The van der Waals surface area contributed by atoms with Gasteiger partial charge in [0.05, 0.1) is 19.9 Å². The summed E-state index contributed by atoms with van der Waals surface area (Å²) in [6.45, 7) is 2.09. The van der Waals surface area contributed by atoms with E-state index < -0.39 is 5.97 Å². The zero-order valence-electron chi connectivity index (χ0n) is 17.8. The van der Waals surface area contributed by atoms with E-state index in [-0.39, 0.29) is 18.1 Å². The molecule has 2 aromatic carbocycles. The van der Waals surface area contributed by atoms with Gasteiger partial charge in [0.1, 0.15) is 22.8 Å². The number of carbonyl (C=O) groups excluding carboxylic acids is 2. The van der Waals surface area contributed by atoms with E-state index in [4.69, 9.17) is 14.2 Å². The van der Waals surface area contributed by atoms with Crippen LogP contribution in [0.5, 0.6) is 11.5 Å². The van der Waals surface area contributed by atoms with Crippen LogP contribution in [0.2, 0.25) is 0 Å². The summed E-state index contributed by atoms with van der Waals surface area (Å²) in [5, 5.41) is 7.29. The number of para-hydroxylation sites is 1. The van der Waals surface area contributed by atoms with Crippen LogP contribution in [0.25, 0.3) is 16.9 Å². The van der Waals surface area contributed by atoms with E-state index in [0.717, 1.165) is 12.1 Å². The second kappa shape index (κ2) is 10.3. The van der Waals surface area contributed by atoms with Crippen LogP contribution in [0.1, 0.15) is 23.7 Å². The highest BCUT2D eigenvalue weighted by molar-refractivity contribution is 5.98. The SMILES string of the molecule is CCCNC(=O)COC(=O)c1cn(-c2ccccc2)nc1-c1cc(OC)ccc1OC. The molecule has 1 amide bonds. The van der Waals surface area contributed by atoms with Gasteiger partial charge in [-0.25, -0.2) is 9.48 Å². The fraction of sp³-hybridized carbons (Fsp3) is 0.261. The van der Waals surface area contributed by atoms with E-state index in [1.807, 2.05) is 37.3 Å². The molecule has 0 aliphatic carbocycles. The lowest BCUT2D eigenvalue weighted by Gasteiger charge is -2.10. The summed E-state index contributed by atoms with van der Waals surface area (Å²) in [6.07, 6.45) is 2.37. The first-order chi connectivity index (χ1) is 15.1. The van der Waals surface area contributed by atoms with Gasteiger partial charge >= 0.3 is 5.97 Å². The van der Waals surface area contributed by atoms with Crippen LogP contribution >= 0.6 is 0 Å². The molecule has 8 heteroatoms. The molecule has 0 atom stereocenters. The van der Waals surface area contributed by atoms with Crippen molar-refractivity contribution in [3.63, 3.8) is 0 Å². The Morgan fingerprint density at radius 3 is 2.52 bits per heavy atom. The first-order valence-electron chi connectivity index (χ1n) is 9.88. The Balaban J connectivity index is 2.01. The molecule has 31 heavy (non-hydrogen) atoms. The van der Waals surface area contributed by atoms with Crippen molar-refractivity contribution in [3.8, 4) is 28.4 Å². The lowest BCUT2D eigenvalue weighted by atomic mass is 10.1. The van der Waals surface area contributed by atoms with Crippen LogP contribution in [0, 0.1) is 0 Å². The third-order valence-corrected chi connectivity index (χ3v) is 4.52. The van der Waals surface area contributed by atoms with Gasteiger partial charge < -0.3 is 19.5 Å². The van der Waals surface area contributed by atoms with Gasteiger partial charge in [-0.1, -0.05) is 25.1 Å². The van der Waals surface area contributed by atoms with Crippen LogP contribution in [-0.4, -0.2) is 49.0 Å². The maximum absolute atomic E-state index is 12.9. The average Bonchev–Trinajstić information content (AvgIpc) is 3.26. The molecule has 8 nitrogen and oxygen atoms in total. The van der Waals surface area contributed by atoms with Gasteiger partial charge in [0.25, 0.3) is 5.91 Å². The molecule has 162 valence electrons. The minimum atomic E-state index is -0.659. The summed E-state index contributed by atoms with van der Waals surface area (Å²) < 4.78 is 17.6. The molecule has 0 saturated heterocycles. The monoisotopic (exact) mass is 423 g/mol.